The molecule has 0 aliphatic carbocycles. The van der Waals surface area contributed by atoms with Crippen LogP contribution in [0.25, 0.3) is 0 Å². The Kier molecular flexibility index (Phi) is 5.27. The summed E-state index contributed by atoms with van der Waals surface area (Å²) in [6, 6.07) is -0.419. The first-order valence-electron chi connectivity index (χ1n) is 6.29. The molecule has 18 heavy (non-hydrogen) atoms. The SMILES string of the molecule is CC(C)CCNC(=O)C(C)n1cc(C(C)O)nn1. The maximum atomic E-state index is 11.8. The van der Waals surface area contributed by atoms with Gasteiger partial charge in [-0.25, -0.2) is 4.68 Å². The van der Waals surface area contributed by atoms with Crippen molar-refractivity contribution in [2.75, 3.05) is 6.54 Å². The summed E-state index contributed by atoms with van der Waals surface area (Å²) < 4.78 is 1.47. The van der Waals surface area contributed by atoms with Crippen LogP contribution < -0.4 is 5.32 Å². The predicted octanol–water partition coefficient (Wildman–Crippen LogP) is 1.05. The Morgan fingerprint density at radius 2 is 2.11 bits per heavy atom. The van der Waals surface area contributed by atoms with E-state index >= 15 is 0 Å². The second-order valence-corrected chi connectivity index (χ2v) is 4.95. The highest BCUT2D eigenvalue weighted by molar-refractivity contribution is 5.79. The van der Waals surface area contributed by atoms with Gasteiger partial charge in [0.05, 0.1) is 12.3 Å². The normalized spacial score (nSPS) is 14.6. The largest absolute Gasteiger partial charge is 0.387 e. The van der Waals surface area contributed by atoms with E-state index in [1.165, 1.54) is 4.68 Å². The molecule has 1 aromatic rings. The molecule has 102 valence electrons. The number of carbonyl (C=O) groups excluding carboxylic acids is 1. The van der Waals surface area contributed by atoms with Crippen molar-refractivity contribution in [3.8, 4) is 0 Å². The third-order valence-electron chi connectivity index (χ3n) is 2.75. The molecule has 1 aromatic heterocycles. The number of rotatable bonds is 6. The van der Waals surface area contributed by atoms with Crippen LogP contribution in [0.4, 0.5) is 0 Å². The lowest BCUT2D eigenvalue weighted by molar-refractivity contribution is -0.124. The number of nitrogens with one attached hydrogen (secondary N) is 1. The summed E-state index contributed by atoms with van der Waals surface area (Å²) in [6.45, 7) is 8.26. The topological polar surface area (TPSA) is 80.0 Å². The van der Waals surface area contributed by atoms with Crippen LogP contribution >= 0.6 is 0 Å². The highest BCUT2D eigenvalue weighted by Crippen LogP contribution is 2.10. The molecule has 0 fully saturated rings. The van der Waals surface area contributed by atoms with Gasteiger partial charge in [0, 0.05) is 6.54 Å². The summed E-state index contributed by atoms with van der Waals surface area (Å²) in [6.07, 6.45) is 1.88. The molecule has 2 unspecified atom stereocenters. The molecule has 0 aliphatic rings. The zero-order valence-corrected chi connectivity index (χ0v) is 11.4. The van der Waals surface area contributed by atoms with Crippen LogP contribution in [0, 0.1) is 5.92 Å². The van der Waals surface area contributed by atoms with Gasteiger partial charge in [-0.1, -0.05) is 19.1 Å². The van der Waals surface area contributed by atoms with Crippen molar-refractivity contribution in [1.82, 2.24) is 20.3 Å². The van der Waals surface area contributed by atoms with Gasteiger partial charge in [-0.3, -0.25) is 4.79 Å². The lowest BCUT2D eigenvalue weighted by Crippen LogP contribution is -2.32. The summed E-state index contributed by atoms with van der Waals surface area (Å²) >= 11 is 0. The van der Waals surface area contributed by atoms with E-state index in [-0.39, 0.29) is 5.91 Å². The highest BCUT2D eigenvalue weighted by atomic mass is 16.3. The first kappa shape index (κ1) is 14.6. The molecule has 0 radical (unpaired) electrons. The van der Waals surface area contributed by atoms with Gasteiger partial charge in [0.15, 0.2) is 0 Å². The molecule has 2 N–H and O–H groups in total. The van der Waals surface area contributed by atoms with Crippen LogP contribution in [-0.4, -0.2) is 32.6 Å². The zero-order chi connectivity index (χ0) is 13.7. The fourth-order valence-corrected chi connectivity index (χ4v) is 1.42. The minimum absolute atomic E-state index is 0.0855. The number of aromatic nitrogens is 3. The molecule has 1 heterocycles. The minimum atomic E-state index is -0.671. The Balaban J connectivity index is 2.52. The van der Waals surface area contributed by atoms with Crippen molar-refractivity contribution in [3.63, 3.8) is 0 Å². The van der Waals surface area contributed by atoms with E-state index in [0.29, 0.717) is 18.2 Å². The summed E-state index contributed by atoms with van der Waals surface area (Å²) in [5.41, 5.74) is 0.469. The van der Waals surface area contributed by atoms with Crippen molar-refractivity contribution in [1.29, 1.82) is 0 Å². The number of aliphatic hydroxyl groups excluding tert-OH is 1. The van der Waals surface area contributed by atoms with Gasteiger partial charge in [-0.2, -0.15) is 0 Å². The van der Waals surface area contributed by atoms with Gasteiger partial charge >= 0.3 is 0 Å². The Morgan fingerprint density at radius 1 is 1.44 bits per heavy atom. The van der Waals surface area contributed by atoms with Gasteiger partial charge < -0.3 is 10.4 Å². The second-order valence-electron chi connectivity index (χ2n) is 4.95. The van der Waals surface area contributed by atoms with Gasteiger partial charge in [-0.15, -0.1) is 5.10 Å². The summed E-state index contributed by atoms with van der Waals surface area (Å²) in [7, 11) is 0. The van der Waals surface area contributed by atoms with Crippen LogP contribution in [0.3, 0.4) is 0 Å². The third-order valence-corrected chi connectivity index (χ3v) is 2.75. The number of nitrogens with zero attached hydrogens (tertiary/aromatic N) is 3. The Hall–Kier alpha value is -1.43. The van der Waals surface area contributed by atoms with E-state index in [2.05, 4.69) is 29.5 Å². The number of amides is 1. The number of hydrogen-bond acceptors (Lipinski definition) is 4. The van der Waals surface area contributed by atoms with Crippen LogP contribution in [0.1, 0.15) is 52.0 Å². The highest BCUT2D eigenvalue weighted by Gasteiger charge is 2.17. The van der Waals surface area contributed by atoms with E-state index < -0.39 is 12.1 Å². The van der Waals surface area contributed by atoms with E-state index in [9.17, 15) is 9.90 Å². The molecule has 0 aromatic carbocycles. The monoisotopic (exact) mass is 254 g/mol. The molecule has 0 spiro atoms. The molecule has 1 amide bonds. The van der Waals surface area contributed by atoms with Crippen molar-refractivity contribution in [2.45, 2.75) is 46.3 Å². The summed E-state index contributed by atoms with van der Waals surface area (Å²) in [5, 5.41) is 19.9. The fraction of sp³-hybridized carbons (Fsp3) is 0.750. The summed E-state index contributed by atoms with van der Waals surface area (Å²) in [4.78, 5) is 11.8. The molecule has 2 atom stereocenters. The second kappa shape index (κ2) is 6.49. The van der Waals surface area contributed by atoms with E-state index in [1.807, 2.05) is 0 Å². The lowest BCUT2D eigenvalue weighted by Gasteiger charge is -2.12. The van der Waals surface area contributed by atoms with Gasteiger partial charge in [-0.05, 0) is 26.2 Å². The third kappa shape index (κ3) is 4.10. The Morgan fingerprint density at radius 3 is 2.61 bits per heavy atom. The van der Waals surface area contributed by atoms with E-state index in [4.69, 9.17) is 0 Å². The molecule has 0 saturated heterocycles. The molecule has 0 bridgehead atoms. The minimum Gasteiger partial charge on any atom is -0.387 e. The van der Waals surface area contributed by atoms with Gasteiger partial charge in [0.2, 0.25) is 5.91 Å². The van der Waals surface area contributed by atoms with Crippen LogP contribution in [0.5, 0.6) is 0 Å². The fourth-order valence-electron chi connectivity index (χ4n) is 1.42. The summed E-state index contributed by atoms with van der Waals surface area (Å²) in [5.74, 6) is 0.478. The quantitative estimate of drug-likeness (QED) is 0.795. The standard InChI is InChI=1S/C12H22N4O2/c1-8(2)5-6-13-12(18)9(3)16-7-11(10(4)17)14-15-16/h7-10,17H,5-6H2,1-4H3,(H,13,18). The lowest BCUT2D eigenvalue weighted by atomic mass is 10.1. The molecular weight excluding hydrogens is 232 g/mol. The Labute approximate surface area is 107 Å². The average molecular weight is 254 g/mol. The number of hydrogen-bond donors (Lipinski definition) is 2. The van der Waals surface area contributed by atoms with Crippen molar-refractivity contribution >= 4 is 5.91 Å². The molecule has 0 aliphatic heterocycles. The maximum Gasteiger partial charge on any atom is 0.244 e. The van der Waals surface area contributed by atoms with E-state index in [0.717, 1.165) is 6.42 Å². The van der Waals surface area contributed by atoms with Crippen molar-refractivity contribution in [2.24, 2.45) is 5.92 Å². The first-order chi connectivity index (χ1) is 8.41. The number of carbonyl (C=O) groups is 1. The zero-order valence-electron chi connectivity index (χ0n) is 11.4. The number of aliphatic hydroxyl groups is 1. The predicted molar refractivity (Wildman–Crippen MR) is 67.8 cm³/mol. The van der Waals surface area contributed by atoms with Crippen LogP contribution in [-0.2, 0) is 4.79 Å². The molecule has 1 rings (SSSR count). The smallest absolute Gasteiger partial charge is 0.244 e. The Bertz CT molecular complexity index is 387. The molecular formula is C12H22N4O2. The van der Waals surface area contributed by atoms with Crippen LogP contribution in [0.2, 0.25) is 0 Å². The molecule has 6 nitrogen and oxygen atoms in total. The van der Waals surface area contributed by atoms with Crippen LogP contribution in [0.15, 0.2) is 6.20 Å². The average Bonchev–Trinajstić information content (AvgIpc) is 2.76. The maximum absolute atomic E-state index is 11.8. The molecule has 6 heteroatoms. The van der Waals surface area contributed by atoms with Crippen molar-refractivity contribution in [3.05, 3.63) is 11.9 Å². The van der Waals surface area contributed by atoms with Crippen molar-refractivity contribution < 1.29 is 9.90 Å². The van der Waals surface area contributed by atoms with E-state index in [1.54, 1.807) is 20.0 Å². The molecule has 0 saturated carbocycles. The first-order valence-corrected chi connectivity index (χ1v) is 6.29. The van der Waals surface area contributed by atoms with Gasteiger partial charge in [0.1, 0.15) is 11.7 Å². The van der Waals surface area contributed by atoms with Gasteiger partial charge in [0.25, 0.3) is 0 Å².